The van der Waals surface area contributed by atoms with Gasteiger partial charge in [0.25, 0.3) is 10.0 Å². The van der Waals surface area contributed by atoms with Crippen molar-refractivity contribution in [2.75, 3.05) is 17.4 Å². The number of anilines is 1. The van der Waals surface area contributed by atoms with E-state index in [0.29, 0.717) is 18.0 Å². The molecule has 2 amide bonds. The van der Waals surface area contributed by atoms with Gasteiger partial charge < -0.3 is 10.2 Å². The number of nitrogens with one attached hydrogen (secondary N) is 1. The standard InChI is InChI=1S/C30H36ClN3O4S/c1-5-28(30(36)32-19-22(2)3)33(20-24-16-14-23(4)15-17-24)29(35)21-34(26-11-9-10-25(31)18-26)39(37,38)27-12-7-6-8-13-27/h6-18,22,28H,5,19-21H2,1-4H3,(H,32,36). The minimum atomic E-state index is -4.13. The number of benzene rings is 3. The Bertz CT molecular complexity index is 1360. The molecular weight excluding hydrogens is 534 g/mol. The quantitative estimate of drug-likeness (QED) is 0.315. The average molecular weight is 570 g/mol. The molecule has 3 aromatic carbocycles. The molecule has 0 saturated heterocycles. The largest absolute Gasteiger partial charge is 0.354 e. The first kappa shape index (κ1) is 30.2. The maximum Gasteiger partial charge on any atom is 0.264 e. The van der Waals surface area contributed by atoms with E-state index < -0.39 is 28.5 Å². The van der Waals surface area contributed by atoms with Crippen LogP contribution in [0, 0.1) is 12.8 Å². The Morgan fingerprint density at radius 1 is 0.949 bits per heavy atom. The van der Waals surface area contributed by atoms with Crippen LogP contribution in [0.25, 0.3) is 0 Å². The van der Waals surface area contributed by atoms with Crippen LogP contribution in [0.3, 0.4) is 0 Å². The van der Waals surface area contributed by atoms with Crippen LogP contribution in [0.1, 0.15) is 38.3 Å². The molecule has 1 unspecified atom stereocenters. The van der Waals surface area contributed by atoms with Gasteiger partial charge in [0.1, 0.15) is 12.6 Å². The second-order valence-electron chi connectivity index (χ2n) is 9.87. The van der Waals surface area contributed by atoms with E-state index in [2.05, 4.69) is 5.32 Å². The number of carbonyl (C=O) groups excluding carboxylic acids is 2. The molecule has 9 heteroatoms. The van der Waals surface area contributed by atoms with Crippen molar-refractivity contribution in [3.63, 3.8) is 0 Å². The number of aryl methyl sites for hydroxylation is 1. The lowest BCUT2D eigenvalue weighted by Crippen LogP contribution is -2.52. The van der Waals surface area contributed by atoms with Gasteiger partial charge in [0.05, 0.1) is 10.6 Å². The number of rotatable bonds is 12. The zero-order valence-electron chi connectivity index (χ0n) is 22.8. The van der Waals surface area contributed by atoms with Crippen molar-refractivity contribution in [2.24, 2.45) is 5.92 Å². The molecule has 0 fully saturated rings. The lowest BCUT2D eigenvalue weighted by Gasteiger charge is -2.33. The molecule has 0 saturated carbocycles. The first-order valence-electron chi connectivity index (χ1n) is 13.0. The SMILES string of the molecule is CCC(C(=O)NCC(C)C)N(Cc1ccc(C)cc1)C(=O)CN(c1cccc(Cl)c1)S(=O)(=O)c1ccccc1. The molecule has 0 aliphatic carbocycles. The van der Waals surface area contributed by atoms with Crippen molar-refractivity contribution >= 4 is 39.1 Å². The lowest BCUT2D eigenvalue weighted by atomic mass is 10.1. The molecule has 0 aliphatic heterocycles. The highest BCUT2D eigenvalue weighted by molar-refractivity contribution is 7.92. The summed E-state index contributed by atoms with van der Waals surface area (Å²) in [5, 5.41) is 3.27. The number of halogens is 1. The number of hydrogen-bond donors (Lipinski definition) is 1. The van der Waals surface area contributed by atoms with Crippen LogP contribution >= 0.6 is 11.6 Å². The second kappa shape index (κ2) is 13.6. The van der Waals surface area contributed by atoms with Gasteiger partial charge in [-0.2, -0.15) is 0 Å². The predicted molar refractivity (Wildman–Crippen MR) is 156 cm³/mol. The lowest BCUT2D eigenvalue weighted by molar-refractivity contribution is -0.140. The predicted octanol–water partition coefficient (Wildman–Crippen LogP) is 5.42. The van der Waals surface area contributed by atoms with Gasteiger partial charge in [0, 0.05) is 18.1 Å². The fraction of sp³-hybridized carbons (Fsp3) is 0.333. The Morgan fingerprint density at radius 2 is 1.62 bits per heavy atom. The molecule has 39 heavy (non-hydrogen) atoms. The third-order valence-electron chi connectivity index (χ3n) is 6.25. The van der Waals surface area contributed by atoms with Gasteiger partial charge in [-0.3, -0.25) is 13.9 Å². The second-order valence-corrected chi connectivity index (χ2v) is 12.2. The normalized spacial score (nSPS) is 12.2. The van der Waals surface area contributed by atoms with Crippen LogP contribution in [0.4, 0.5) is 5.69 Å². The first-order chi connectivity index (χ1) is 18.5. The highest BCUT2D eigenvalue weighted by Gasteiger charge is 2.33. The molecule has 0 spiro atoms. The van der Waals surface area contributed by atoms with E-state index in [9.17, 15) is 18.0 Å². The van der Waals surface area contributed by atoms with Crippen molar-refractivity contribution in [3.8, 4) is 0 Å². The number of amides is 2. The summed E-state index contributed by atoms with van der Waals surface area (Å²) in [6.45, 7) is 7.92. The summed E-state index contributed by atoms with van der Waals surface area (Å²) in [4.78, 5) is 28.8. The fourth-order valence-corrected chi connectivity index (χ4v) is 5.72. The van der Waals surface area contributed by atoms with E-state index in [-0.39, 0.29) is 29.0 Å². The van der Waals surface area contributed by atoms with Gasteiger partial charge >= 0.3 is 0 Å². The summed E-state index contributed by atoms with van der Waals surface area (Å²) in [7, 11) is -4.13. The van der Waals surface area contributed by atoms with Gasteiger partial charge in [-0.1, -0.05) is 86.5 Å². The van der Waals surface area contributed by atoms with Crippen molar-refractivity contribution in [3.05, 3.63) is 95.0 Å². The first-order valence-corrected chi connectivity index (χ1v) is 14.8. The van der Waals surface area contributed by atoms with Gasteiger partial charge in [-0.15, -0.1) is 0 Å². The summed E-state index contributed by atoms with van der Waals surface area (Å²) < 4.78 is 28.6. The Balaban J connectivity index is 2.03. The smallest absolute Gasteiger partial charge is 0.264 e. The number of carbonyl (C=O) groups is 2. The highest BCUT2D eigenvalue weighted by atomic mass is 35.5. The van der Waals surface area contributed by atoms with E-state index in [0.717, 1.165) is 15.4 Å². The number of hydrogen-bond acceptors (Lipinski definition) is 4. The molecule has 7 nitrogen and oxygen atoms in total. The molecule has 3 aromatic rings. The maximum absolute atomic E-state index is 14.0. The Morgan fingerprint density at radius 3 is 2.21 bits per heavy atom. The van der Waals surface area contributed by atoms with Gasteiger partial charge in [0.2, 0.25) is 11.8 Å². The topological polar surface area (TPSA) is 86.8 Å². The van der Waals surface area contributed by atoms with Crippen molar-refractivity contribution in [1.82, 2.24) is 10.2 Å². The summed E-state index contributed by atoms with van der Waals surface area (Å²) in [5.41, 5.74) is 2.16. The van der Waals surface area contributed by atoms with E-state index in [1.54, 1.807) is 36.4 Å². The molecule has 0 radical (unpaired) electrons. The van der Waals surface area contributed by atoms with Crippen LogP contribution in [-0.4, -0.2) is 44.3 Å². The zero-order chi connectivity index (χ0) is 28.6. The zero-order valence-corrected chi connectivity index (χ0v) is 24.4. The molecule has 3 rings (SSSR count). The molecule has 208 valence electrons. The summed E-state index contributed by atoms with van der Waals surface area (Å²) >= 11 is 6.21. The molecule has 0 bridgehead atoms. The monoisotopic (exact) mass is 569 g/mol. The van der Waals surface area contributed by atoms with Crippen LogP contribution in [-0.2, 0) is 26.2 Å². The van der Waals surface area contributed by atoms with Crippen molar-refractivity contribution < 1.29 is 18.0 Å². The molecule has 0 aromatic heterocycles. The van der Waals surface area contributed by atoms with Gasteiger partial charge in [0.15, 0.2) is 0 Å². The fourth-order valence-electron chi connectivity index (χ4n) is 4.11. The highest BCUT2D eigenvalue weighted by Crippen LogP contribution is 2.27. The van der Waals surface area contributed by atoms with E-state index in [1.165, 1.54) is 23.1 Å². The summed E-state index contributed by atoms with van der Waals surface area (Å²) in [6, 6.07) is 21.2. The van der Waals surface area contributed by atoms with Crippen LogP contribution in [0.15, 0.2) is 83.8 Å². The molecule has 1 N–H and O–H groups in total. The maximum atomic E-state index is 14.0. The van der Waals surface area contributed by atoms with Crippen LogP contribution < -0.4 is 9.62 Å². The van der Waals surface area contributed by atoms with Gasteiger partial charge in [-0.25, -0.2) is 8.42 Å². The average Bonchev–Trinajstić information content (AvgIpc) is 2.91. The van der Waals surface area contributed by atoms with E-state index in [4.69, 9.17) is 11.6 Å². The van der Waals surface area contributed by atoms with Crippen molar-refractivity contribution in [2.45, 2.75) is 51.6 Å². The Labute approximate surface area is 236 Å². The van der Waals surface area contributed by atoms with E-state index >= 15 is 0 Å². The number of sulfonamides is 1. The minimum absolute atomic E-state index is 0.0459. The number of nitrogens with zero attached hydrogens (tertiary/aromatic N) is 2. The van der Waals surface area contributed by atoms with Gasteiger partial charge in [-0.05, 0) is 55.2 Å². The van der Waals surface area contributed by atoms with Crippen LogP contribution in [0.2, 0.25) is 5.02 Å². The molecule has 1 atom stereocenters. The van der Waals surface area contributed by atoms with E-state index in [1.807, 2.05) is 52.0 Å². The third-order valence-corrected chi connectivity index (χ3v) is 8.27. The summed E-state index contributed by atoms with van der Waals surface area (Å²) in [6.07, 6.45) is 0.365. The molecule has 0 heterocycles. The summed E-state index contributed by atoms with van der Waals surface area (Å²) in [5.74, 6) is -0.532. The Kier molecular flexibility index (Phi) is 10.5. The van der Waals surface area contributed by atoms with Crippen molar-refractivity contribution in [1.29, 1.82) is 0 Å². The molecular formula is C30H36ClN3O4S. The minimum Gasteiger partial charge on any atom is -0.354 e. The molecule has 0 aliphatic rings. The van der Waals surface area contributed by atoms with Crippen LogP contribution in [0.5, 0.6) is 0 Å². The third kappa shape index (κ3) is 8.07. The Hall–Kier alpha value is -3.36.